The number of carbonyl (C=O) groups excluding carboxylic acids is 1. The fourth-order valence-corrected chi connectivity index (χ4v) is 4.64. The maximum Gasteiger partial charge on any atom is 0.264 e. The number of hydrogen-bond acceptors (Lipinski definition) is 5. The third-order valence-electron chi connectivity index (χ3n) is 4.83. The minimum absolute atomic E-state index is 0.115. The molecular weight excluding hydrogens is 435 g/mol. The van der Waals surface area contributed by atoms with Crippen LogP contribution in [0.3, 0.4) is 0 Å². The summed E-state index contributed by atoms with van der Waals surface area (Å²) in [5.41, 5.74) is 0.318. The van der Waals surface area contributed by atoms with Crippen molar-refractivity contribution >= 4 is 21.6 Å². The molecule has 0 fully saturated rings. The van der Waals surface area contributed by atoms with E-state index in [0.717, 1.165) is 16.4 Å². The lowest BCUT2D eigenvalue weighted by Gasteiger charge is -2.27. The molecule has 0 spiro atoms. The topological polar surface area (TPSA) is 84.9 Å². The highest BCUT2D eigenvalue weighted by molar-refractivity contribution is 7.92. The molecule has 1 atom stereocenters. The zero-order valence-corrected chi connectivity index (χ0v) is 17.8. The number of anilines is 1. The second-order valence-electron chi connectivity index (χ2n) is 7.10. The summed E-state index contributed by atoms with van der Waals surface area (Å²) in [6, 6.07) is 20.0. The molecule has 0 aromatic heterocycles. The van der Waals surface area contributed by atoms with Crippen molar-refractivity contribution in [3.05, 3.63) is 84.7 Å². The Kier molecular flexibility index (Phi) is 6.27. The minimum atomic E-state index is -4.10. The number of nitrogens with zero attached hydrogens (tertiary/aromatic N) is 1. The Balaban J connectivity index is 1.47. The van der Waals surface area contributed by atoms with Crippen LogP contribution >= 0.6 is 0 Å². The van der Waals surface area contributed by atoms with Gasteiger partial charge in [0, 0.05) is 0 Å². The fourth-order valence-electron chi connectivity index (χ4n) is 3.22. The molecule has 0 bridgehead atoms. The number of sulfonamides is 1. The van der Waals surface area contributed by atoms with Gasteiger partial charge in [-0.05, 0) is 48.5 Å². The predicted molar refractivity (Wildman–Crippen MR) is 117 cm³/mol. The summed E-state index contributed by atoms with van der Waals surface area (Å²) in [5, 5.41) is 2.71. The van der Waals surface area contributed by atoms with Gasteiger partial charge < -0.3 is 14.8 Å². The van der Waals surface area contributed by atoms with Crippen LogP contribution in [0.25, 0.3) is 0 Å². The highest BCUT2D eigenvalue weighted by Crippen LogP contribution is 2.30. The van der Waals surface area contributed by atoms with Crippen molar-refractivity contribution in [2.45, 2.75) is 11.0 Å². The third-order valence-corrected chi connectivity index (χ3v) is 6.62. The normalized spacial score (nSPS) is 15.1. The number of hydrogen-bond donors (Lipinski definition) is 1. The van der Waals surface area contributed by atoms with Crippen LogP contribution < -0.4 is 19.1 Å². The second kappa shape index (κ2) is 9.27. The Bertz CT molecular complexity index is 1190. The van der Waals surface area contributed by atoms with Crippen molar-refractivity contribution in [2.24, 2.45) is 0 Å². The fraction of sp³-hybridized carbons (Fsp3) is 0.174. The molecule has 0 radical (unpaired) electrons. The summed E-state index contributed by atoms with van der Waals surface area (Å²) in [7, 11) is -4.10. The first-order valence-corrected chi connectivity index (χ1v) is 11.4. The number of ether oxygens (including phenoxy) is 2. The maximum atomic E-state index is 13.3. The van der Waals surface area contributed by atoms with Gasteiger partial charge in [-0.3, -0.25) is 9.10 Å². The molecule has 9 heteroatoms. The number of carbonyl (C=O) groups is 1. The van der Waals surface area contributed by atoms with E-state index in [1.807, 2.05) is 12.1 Å². The molecule has 1 N–H and O–H groups in total. The van der Waals surface area contributed by atoms with Crippen molar-refractivity contribution in [1.29, 1.82) is 0 Å². The van der Waals surface area contributed by atoms with Crippen LogP contribution in [-0.4, -0.2) is 40.1 Å². The van der Waals surface area contributed by atoms with Crippen molar-refractivity contribution in [3.63, 3.8) is 0 Å². The Morgan fingerprint density at radius 2 is 1.62 bits per heavy atom. The lowest BCUT2D eigenvalue weighted by Crippen LogP contribution is -2.45. The van der Waals surface area contributed by atoms with Crippen molar-refractivity contribution < 1.29 is 27.1 Å². The van der Waals surface area contributed by atoms with Crippen molar-refractivity contribution in [2.75, 3.05) is 24.0 Å². The van der Waals surface area contributed by atoms with Crippen LogP contribution in [0.15, 0.2) is 83.8 Å². The first-order chi connectivity index (χ1) is 15.4. The van der Waals surface area contributed by atoms with E-state index in [0.29, 0.717) is 17.2 Å². The van der Waals surface area contributed by atoms with E-state index in [4.69, 9.17) is 9.47 Å². The first-order valence-electron chi connectivity index (χ1n) is 9.92. The molecule has 32 heavy (non-hydrogen) atoms. The molecule has 1 aliphatic rings. The van der Waals surface area contributed by atoms with E-state index in [1.165, 1.54) is 12.1 Å². The summed E-state index contributed by atoms with van der Waals surface area (Å²) < 4.78 is 52.1. The molecule has 1 unspecified atom stereocenters. The van der Waals surface area contributed by atoms with Crippen LogP contribution in [0.4, 0.5) is 10.1 Å². The van der Waals surface area contributed by atoms with Crippen molar-refractivity contribution in [3.8, 4) is 11.5 Å². The average Bonchev–Trinajstić information content (AvgIpc) is 2.82. The number of fused-ring (bicyclic) bond motifs is 1. The number of para-hydroxylation sites is 3. The van der Waals surface area contributed by atoms with Crippen LogP contribution in [-0.2, 0) is 14.8 Å². The predicted octanol–water partition coefficient (Wildman–Crippen LogP) is 2.98. The summed E-state index contributed by atoms with van der Waals surface area (Å²) in [4.78, 5) is 12.6. The molecular formula is C23H21FN2O5S. The summed E-state index contributed by atoms with van der Waals surface area (Å²) in [6.07, 6.45) is -0.410. The molecule has 1 amide bonds. The van der Waals surface area contributed by atoms with E-state index >= 15 is 0 Å². The van der Waals surface area contributed by atoms with Gasteiger partial charge in [0.05, 0.1) is 17.1 Å². The monoisotopic (exact) mass is 456 g/mol. The highest BCUT2D eigenvalue weighted by Gasteiger charge is 2.28. The molecule has 0 aliphatic carbocycles. The number of amides is 1. The largest absolute Gasteiger partial charge is 0.486 e. The average molecular weight is 456 g/mol. The number of nitrogens with one attached hydrogen (secondary N) is 1. The summed E-state index contributed by atoms with van der Waals surface area (Å²) >= 11 is 0. The number of halogens is 1. The van der Waals surface area contributed by atoms with E-state index in [9.17, 15) is 17.6 Å². The molecule has 7 nitrogen and oxygen atoms in total. The van der Waals surface area contributed by atoms with Crippen molar-refractivity contribution in [1.82, 2.24) is 5.32 Å². The molecule has 3 aromatic rings. The van der Waals surface area contributed by atoms with E-state index < -0.39 is 34.4 Å². The van der Waals surface area contributed by atoms with Crippen LogP contribution in [0.2, 0.25) is 0 Å². The van der Waals surface area contributed by atoms with Crippen LogP contribution in [0, 0.1) is 5.82 Å². The van der Waals surface area contributed by atoms with Crippen LogP contribution in [0.5, 0.6) is 11.5 Å². The van der Waals surface area contributed by atoms with Gasteiger partial charge in [-0.1, -0.05) is 30.3 Å². The standard InChI is InChI=1S/C23H21FN2O5S/c24-17-10-12-20(13-11-17)32(28,29)26(18-6-2-1-3-7-18)15-23(27)25-14-19-16-30-21-8-4-5-9-22(21)31-19/h1-13,19H,14-16H2,(H,25,27). The van der Waals surface area contributed by atoms with Gasteiger partial charge in [0.1, 0.15) is 25.1 Å². The van der Waals surface area contributed by atoms with Gasteiger partial charge in [0.2, 0.25) is 5.91 Å². The van der Waals surface area contributed by atoms with Crippen LogP contribution in [0.1, 0.15) is 0 Å². The van der Waals surface area contributed by atoms with E-state index in [2.05, 4.69) is 5.32 Å². The molecule has 3 aromatic carbocycles. The smallest absolute Gasteiger partial charge is 0.264 e. The molecule has 0 saturated carbocycles. The molecule has 166 valence electrons. The number of rotatable bonds is 7. The van der Waals surface area contributed by atoms with E-state index in [-0.39, 0.29) is 18.0 Å². The second-order valence-corrected chi connectivity index (χ2v) is 8.97. The van der Waals surface area contributed by atoms with Gasteiger partial charge in [-0.15, -0.1) is 0 Å². The van der Waals surface area contributed by atoms with E-state index in [1.54, 1.807) is 42.5 Å². The first kappa shape index (κ1) is 21.6. The molecule has 0 saturated heterocycles. The van der Waals surface area contributed by atoms with Gasteiger partial charge in [0.15, 0.2) is 11.5 Å². The zero-order chi connectivity index (χ0) is 22.6. The van der Waals surface area contributed by atoms with Gasteiger partial charge in [-0.25, -0.2) is 12.8 Å². The Labute approximate surface area is 185 Å². The summed E-state index contributed by atoms with van der Waals surface area (Å²) in [6.45, 7) is -0.0478. The third kappa shape index (κ3) is 4.83. The molecule has 4 rings (SSSR count). The van der Waals surface area contributed by atoms with Gasteiger partial charge in [0.25, 0.3) is 10.0 Å². The quantitative estimate of drug-likeness (QED) is 0.591. The molecule has 1 aliphatic heterocycles. The Morgan fingerprint density at radius 3 is 2.34 bits per heavy atom. The zero-order valence-electron chi connectivity index (χ0n) is 17.0. The lowest BCUT2D eigenvalue weighted by molar-refractivity contribution is -0.120. The minimum Gasteiger partial charge on any atom is -0.486 e. The highest BCUT2D eigenvalue weighted by atomic mass is 32.2. The Hall–Kier alpha value is -3.59. The number of benzene rings is 3. The van der Waals surface area contributed by atoms with Gasteiger partial charge in [-0.2, -0.15) is 0 Å². The molecule has 1 heterocycles. The van der Waals surface area contributed by atoms with Gasteiger partial charge >= 0.3 is 0 Å². The summed E-state index contributed by atoms with van der Waals surface area (Å²) in [5.74, 6) is 0.157. The maximum absolute atomic E-state index is 13.3. The Morgan fingerprint density at radius 1 is 0.969 bits per heavy atom. The SMILES string of the molecule is O=C(CN(c1ccccc1)S(=O)(=O)c1ccc(F)cc1)NCC1COc2ccccc2O1. The lowest BCUT2D eigenvalue weighted by atomic mass is 10.2.